The number of fused-ring (bicyclic) bond motifs is 1. The van der Waals surface area contributed by atoms with Gasteiger partial charge in [0.1, 0.15) is 18.0 Å². The number of rotatable bonds is 2. The predicted octanol–water partition coefficient (Wildman–Crippen LogP) is 2.44. The number of benzene rings is 1. The zero-order valence-electron chi connectivity index (χ0n) is 12.0. The second-order valence-electron chi connectivity index (χ2n) is 5.97. The van der Waals surface area contributed by atoms with Crippen LogP contribution in [0.25, 0.3) is 10.9 Å². The molecule has 0 atom stereocenters. The Hall–Kier alpha value is -1.75. The molecular formula is C16H19FN4. The van der Waals surface area contributed by atoms with Gasteiger partial charge in [-0.15, -0.1) is 0 Å². The summed E-state index contributed by atoms with van der Waals surface area (Å²) in [5, 5.41) is 0.814. The molecule has 2 heterocycles. The van der Waals surface area contributed by atoms with Crippen LogP contribution in [0.2, 0.25) is 0 Å². The van der Waals surface area contributed by atoms with E-state index in [0.717, 1.165) is 48.9 Å². The summed E-state index contributed by atoms with van der Waals surface area (Å²) in [6.45, 7) is 4.06. The van der Waals surface area contributed by atoms with Crippen molar-refractivity contribution in [1.29, 1.82) is 0 Å². The molecule has 1 aliphatic carbocycles. The molecule has 4 nitrogen and oxygen atoms in total. The Morgan fingerprint density at radius 3 is 2.57 bits per heavy atom. The number of nitrogens with zero attached hydrogens (tertiary/aromatic N) is 4. The first-order chi connectivity index (χ1) is 10.3. The van der Waals surface area contributed by atoms with E-state index in [4.69, 9.17) is 0 Å². The molecule has 2 aromatic rings. The van der Waals surface area contributed by atoms with Crippen LogP contribution in [0.4, 0.5) is 10.2 Å². The second-order valence-corrected chi connectivity index (χ2v) is 5.97. The lowest BCUT2D eigenvalue weighted by molar-refractivity contribution is 0.120. The van der Waals surface area contributed by atoms with Gasteiger partial charge in [-0.2, -0.15) is 0 Å². The van der Waals surface area contributed by atoms with Gasteiger partial charge in [-0.25, -0.2) is 14.4 Å². The first-order valence-corrected chi connectivity index (χ1v) is 7.70. The minimum absolute atomic E-state index is 0.230. The molecule has 1 aliphatic heterocycles. The highest BCUT2D eigenvalue weighted by Gasteiger charge is 2.28. The Kier molecular flexibility index (Phi) is 3.22. The fourth-order valence-electron chi connectivity index (χ4n) is 3.32. The van der Waals surface area contributed by atoms with E-state index in [1.807, 2.05) is 0 Å². The number of anilines is 1. The average Bonchev–Trinajstić information content (AvgIpc) is 2.46. The first-order valence-electron chi connectivity index (χ1n) is 7.70. The summed E-state index contributed by atoms with van der Waals surface area (Å²) in [5.74, 6) is 0.638. The smallest absolute Gasteiger partial charge is 0.140 e. The van der Waals surface area contributed by atoms with Gasteiger partial charge in [0.25, 0.3) is 0 Å². The summed E-state index contributed by atoms with van der Waals surface area (Å²) in [4.78, 5) is 13.5. The van der Waals surface area contributed by atoms with Crippen LogP contribution in [0, 0.1) is 5.82 Å². The highest BCUT2D eigenvalue weighted by molar-refractivity contribution is 5.89. The summed E-state index contributed by atoms with van der Waals surface area (Å²) in [7, 11) is 0. The number of piperazine rings is 1. The molecule has 4 rings (SSSR count). The van der Waals surface area contributed by atoms with Crippen molar-refractivity contribution in [2.75, 3.05) is 31.1 Å². The van der Waals surface area contributed by atoms with Crippen molar-refractivity contribution in [3.63, 3.8) is 0 Å². The maximum Gasteiger partial charge on any atom is 0.140 e. The molecule has 0 amide bonds. The Balaban J connectivity index is 1.58. The van der Waals surface area contributed by atoms with Crippen LogP contribution in [-0.2, 0) is 0 Å². The van der Waals surface area contributed by atoms with Gasteiger partial charge in [-0.1, -0.05) is 6.42 Å². The number of aromatic nitrogens is 2. The third-order valence-electron chi connectivity index (χ3n) is 4.78. The van der Waals surface area contributed by atoms with E-state index < -0.39 is 0 Å². The molecule has 0 bridgehead atoms. The van der Waals surface area contributed by atoms with Gasteiger partial charge in [0.15, 0.2) is 0 Å². The van der Waals surface area contributed by atoms with Gasteiger partial charge in [-0.05, 0) is 31.0 Å². The van der Waals surface area contributed by atoms with Crippen molar-refractivity contribution in [3.8, 4) is 0 Å². The van der Waals surface area contributed by atoms with Gasteiger partial charge in [0.05, 0.1) is 5.52 Å². The molecule has 5 heteroatoms. The fraction of sp³-hybridized carbons (Fsp3) is 0.500. The second kappa shape index (κ2) is 5.22. The molecule has 1 aromatic carbocycles. The van der Waals surface area contributed by atoms with Crippen LogP contribution in [0.1, 0.15) is 19.3 Å². The Labute approximate surface area is 123 Å². The van der Waals surface area contributed by atoms with Crippen LogP contribution in [0.15, 0.2) is 24.5 Å². The first kappa shape index (κ1) is 13.0. The van der Waals surface area contributed by atoms with Crippen LogP contribution in [0.3, 0.4) is 0 Å². The van der Waals surface area contributed by atoms with Crippen LogP contribution in [-0.4, -0.2) is 47.1 Å². The summed E-state index contributed by atoms with van der Waals surface area (Å²) < 4.78 is 13.5. The SMILES string of the molecule is Fc1ccc2ncnc(N3CCN(C4CCC4)CC3)c2c1. The van der Waals surface area contributed by atoms with Crippen LogP contribution >= 0.6 is 0 Å². The summed E-state index contributed by atoms with van der Waals surface area (Å²) in [6.07, 6.45) is 5.65. The van der Waals surface area contributed by atoms with Gasteiger partial charge >= 0.3 is 0 Å². The summed E-state index contributed by atoms with van der Waals surface area (Å²) >= 11 is 0. The van der Waals surface area contributed by atoms with Crippen molar-refractivity contribution in [1.82, 2.24) is 14.9 Å². The zero-order valence-corrected chi connectivity index (χ0v) is 12.0. The van der Waals surface area contributed by atoms with Crippen molar-refractivity contribution in [2.24, 2.45) is 0 Å². The maximum atomic E-state index is 13.5. The summed E-state index contributed by atoms with van der Waals surface area (Å²) in [6, 6.07) is 5.52. The van der Waals surface area contributed by atoms with E-state index in [-0.39, 0.29) is 5.82 Å². The number of hydrogen-bond acceptors (Lipinski definition) is 4. The van der Waals surface area contributed by atoms with Crippen molar-refractivity contribution >= 4 is 16.7 Å². The van der Waals surface area contributed by atoms with E-state index in [2.05, 4.69) is 19.8 Å². The lowest BCUT2D eigenvalue weighted by atomic mass is 9.91. The van der Waals surface area contributed by atoms with Gasteiger partial charge < -0.3 is 4.90 Å². The topological polar surface area (TPSA) is 32.3 Å². The molecule has 0 unspecified atom stereocenters. The largest absolute Gasteiger partial charge is 0.353 e. The van der Waals surface area contributed by atoms with Gasteiger partial charge in [0.2, 0.25) is 0 Å². The third-order valence-corrected chi connectivity index (χ3v) is 4.78. The molecule has 2 aliphatic rings. The molecule has 1 aromatic heterocycles. The molecular weight excluding hydrogens is 267 g/mol. The monoisotopic (exact) mass is 286 g/mol. The highest BCUT2D eigenvalue weighted by atomic mass is 19.1. The van der Waals surface area contributed by atoms with E-state index >= 15 is 0 Å². The van der Waals surface area contributed by atoms with Gasteiger partial charge in [0, 0.05) is 37.6 Å². The number of hydrogen-bond donors (Lipinski definition) is 0. The molecule has 1 saturated carbocycles. The average molecular weight is 286 g/mol. The Bertz CT molecular complexity index is 648. The van der Waals surface area contributed by atoms with E-state index in [0.29, 0.717) is 0 Å². The molecule has 0 radical (unpaired) electrons. The molecule has 0 spiro atoms. The standard InChI is InChI=1S/C16H19FN4/c17-12-4-5-15-14(10-12)16(19-11-18-15)21-8-6-20(7-9-21)13-2-1-3-13/h4-5,10-11,13H,1-3,6-9H2. The molecule has 2 fully saturated rings. The van der Waals surface area contributed by atoms with Gasteiger partial charge in [-0.3, -0.25) is 4.90 Å². The lowest BCUT2D eigenvalue weighted by Crippen LogP contribution is -2.52. The van der Waals surface area contributed by atoms with Crippen LogP contribution < -0.4 is 4.90 Å². The predicted molar refractivity (Wildman–Crippen MR) is 80.9 cm³/mol. The maximum absolute atomic E-state index is 13.5. The fourth-order valence-corrected chi connectivity index (χ4v) is 3.32. The Morgan fingerprint density at radius 2 is 1.86 bits per heavy atom. The highest BCUT2D eigenvalue weighted by Crippen LogP contribution is 2.28. The Morgan fingerprint density at radius 1 is 1.05 bits per heavy atom. The van der Waals surface area contributed by atoms with Crippen molar-refractivity contribution in [2.45, 2.75) is 25.3 Å². The van der Waals surface area contributed by atoms with E-state index in [1.165, 1.54) is 25.3 Å². The zero-order chi connectivity index (χ0) is 14.2. The third kappa shape index (κ3) is 2.35. The molecule has 110 valence electrons. The summed E-state index contributed by atoms with van der Waals surface area (Å²) in [5.41, 5.74) is 0.808. The minimum atomic E-state index is -0.230. The lowest BCUT2D eigenvalue weighted by Gasteiger charge is -2.43. The van der Waals surface area contributed by atoms with E-state index in [1.54, 1.807) is 18.5 Å². The normalized spacial score (nSPS) is 20.7. The quantitative estimate of drug-likeness (QED) is 0.849. The molecule has 21 heavy (non-hydrogen) atoms. The van der Waals surface area contributed by atoms with E-state index in [9.17, 15) is 4.39 Å². The molecule has 0 N–H and O–H groups in total. The minimum Gasteiger partial charge on any atom is -0.353 e. The van der Waals surface area contributed by atoms with Crippen molar-refractivity contribution < 1.29 is 4.39 Å². The van der Waals surface area contributed by atoms with Crippen LogP contribution in [0.5, 0.6) is 0 Å². The van der Waals surface area contributed by atoms with Crippen molar-refractivity contribution in [3.05, 3.63) is 30.3 Å². The molecule has 1 saturated heterocycles. The number of halogens is 1.